The number of aromatic nitrogens is 2. The lowest BCUT2D eigenvalue weighted by Crippen LogP contribution is -2.08. The molecular weight excluding hydrogens is 522 g/mol. The van der Waals surface area contributed by atoms with Crippen LogP contribution in [0.3, 0.4) is 0 Å². The van der Waals surface area contributed by atoms with Crippen molar-refractivity contribution in [3.05, 3.63) is 76.4 Å². The molecule has 0 saturated carbocycles. The van der Waals surface area contributed by atoms with Crippen molar-refractivity contribution in [1.29, 1.82) is 10.7 Å². The van der Waals surface area contributed by atoms with Crippen LogP contribution in [-0.2, 0) is 6.42 Å². The van der Waals surface area contributed by atoms with Crippen LogP contribution in [0.15, 0.2) is 42.7 Å². The number of nitrogens with zero attached hydrogens (tertiary/aromatic N) is 3. The van der Waals surface area contributed by atoms with E-state index in [1.807, 2.05) is 6.07 Å². The summed E-state index contributed by atoms with van der Waals surface area (Å²) >= 11 is 0. The Hall–Kier alpha value is -3.07. The first-order valence-corrected chi connectivity index (χ1v) is 9.08. The van der Waals surface area contributed by atoms with Crippen LogP contribution in [0.2, 0.25) is 0 Å². The van der Waals surface area contributed by atoms with Gasteiger partial charge in [-0.3, -0.25) is 5.41 Å². The molecule has 1 aliphatic carbocycles. The predicted molar refractivity (Wildman–Crippen MR) is 121 cm³/mol. The van der Waals surface area contributed by atoms with Crippen molar-refractivity contribution < 1.29 is 19.3 Å². The van der Waals surface area contributed by atoms with E-state index in [0.29, 0.717) is 40.0 Å². The molecule has 3 N–H and O–H groups in total. The summed E-state index contributed by atoms with van der Waals surface area (Å²) in [6.45, 7) is -2.80. The third kappa shape index (κ3) is 4.23. The molecule has 1 aliphatic rings. The maximum Gasteiger partial charge on any atom is 0.333 e. The third-order valence-corrected chi connectivity index (χ3v) is 5.07. The molecule has 2 aromatic carbocycles. The molecule has 162 valence electrons. The van der Waals surface area contributed by atoms with Gasteiger partial charge >= 0.3 is 6.55 Å². The van der Waals surface area contributed by atoms with E-state index in [1.54, 1.807) is 24.3 Å². The lowest BCUT2D eigenvalue weighted by Gasteiger charge is -2.17. The molecule has 0 spiro atoms. The predicted octanol–water partition coefficient (Wildman–Crippen LogP) is 5.22. The second-order valence-electron chi connectivity index (χ2n) is 6.86. The number of anilines is 1. The Kier molecular flexibility index (Phi) is 6.54. The number of nitrogen functional groups attached to an aromatic ring is 1. The Morgan fingerprint density at radius 3 is 2.81 bits per heavy atom. The van der Waals surface area contributed by atoms with E-state index in [2.05, 4.69) is 5.10 Å². The topological polar surface area (TPSA) is 101 Å². The molecule has 3 aromatic rings. The molecule has 1 atom stereocenters. The first kappa shape index (κ1) is 22.6. The number of rotatable bonds is 5. The molecule has 0 unspecified atom stereocenters. The molecule has 0 saturated heterocycles. The molecule has 0 amide bonds. The highest BCUT2D eigenvalue weighted by Crippen LogP contribution is 2.38. The summed E-state index contributed by atoms with van der Waals surface area (Å²) in [6, 6.07) is 9.70. The first-order chi connectivity index (χ1) is 14.4. The normalized spacial score (nSPS) is 14.6. The summed E-state index contributed by atoms with van der Waals surface area (Å²) in [6.07, 6.45) is 2.83. The van der Waals surface area contributed by atoms with Crippen LogP contribution in [-0.4, -0.2) is 15.5 Å². The van der Waals surface area contributed by atoms with Crippen LogP contribution in [0.1, 0.15) is 48.3 Å². The van der Waals surface area contributed by atoms with Crippen molar-refractivity contribution in [2.24, 2.45) is 0 Å². The maximum absolute atomic E-state index is 14.4. The van der Waals surface area contributed by atoms with Crippen LogP contribution in [0, 0.1) is 22.6 Å². The van der Waals surface area contributed by atoms with Gasteiger partial charge < -0.3 is 10.5 Å². The second kappa shape index (κ2) is 8.97. The number of hydrogen-bond acceptors (Lipinski definition) is 5. The monoisotopic (exact) mass is 541 g/mol. The fourth-order valence-corrected chi connectivity index (χ4v) is 3.55. The smallest absolute Gasteiger partial charge is 0.333 e. The third-order valence-electron chi connectivity index (χ3n) is 5.07. The molecule has 4 rings (SSSR count). The van der Waals surface area contributed by atoms with Crippen molar-refractivity contribution in [3.8, 4) is 11.8 Å². The molecule has 1 aromatic heterocycles. The van der Waals surface area contributed by atoms with Crippen LogP contribution in [0.5, 0.6) is 5.75 Å². The lowest BCUT2D eigenvalue weighted by molar-refractivity contribution is 0.0566. The van der Waals surface area contributed by atoms with Crippen molar-refractivity contribution in [2.45, 2.75) is 25.5 Å². The van der Waals surface area contributed by atoms with Crippen molar-refractivity contribution in [3.63, 3.8) is 0 Å². The minimum atomic E-state index is -2.80. The molecule has 0 fully saturated rings. The minimum absolute atomic E-state index is 0. The Labute approximate surface area is 194 Å². The van der Waals surface area contributed by atoms with Crippen LogP contribution in [0.25, 0.3) is 0 Å². The van der Waals surface area contributed by atoms with E-state index in [9.17, 15) is 13.2 Å². The summed E-state index contributed by atoms with van der Waals surface area (Å²) in [5.74, 6) is -0.107. The number of ether oxygens (including phenoxy) is 1. The van der Waals surface area contributed by atoms with Gasteiger partial charge in [0.25, 0.3) is 0 Å². The van der Waals surface area contributed by atoms with Gasteiger partial charge in [0.15, 0.2) is 0 Å². The number of benzene rings is 2. The largest absolute Gasteiger partial charge is 0.486 e. The van der Waals surface area contributed by atoms with Gasteiger partial charge in [-0.25, -0.2) is 9.07 Å². The van der Waals surface area contributed by atoms with E-state index >= 15 is 0 Å². The average molecular weight is 541 g/mol. The fourth-order valence-electron chi connectivity index (χ4n) is 3.55. The average Bonchev–Trinajstić information content (AvgIpc) is 3.37. The van der Waals surface area contributed by atoms with E-state index < -0.39 is 18.5 Å². The molecule has 0 bridgehead atoms. The lowest BCUT2D eigenvalue weighted by atomic mass is 10.0. The van der Waals surface area contributed by atoms with Crippen molar-refractivity contribution in [1.82, 2.24) is 9.78 Å². The zero-order chi connectivity index (χ0) is 21.4. The number of fused-ring (bicyclic) bond motifs is 1. The van der Waals surface area contributed by atoms with Gasteiger partial charge in [-0.15, -0.1) is 24.0 Å². The van der Waals surface area contributed by atoms with Gasteiger partial charge in [-0.1, -0.05) is 6.07 Å². The van der Waals surface area contributed by atoms with Crippen LogP contribution < -0.4 is 10.5 Å². The Bertz CT molecular complexity index is 1190. The SMILES string of the molecule is I.N#Cc1ccc2c(c1F)CC[C@H]2Oc1ccc(N)c(C(=N)c2cnn(C(F)F)c2)c1.[HH]. The Balaban J connectivity index is 0.00000181. The minimum Gasteiger partial charge on any atom is -0.486 e. The number of alkyl halides is 2. The molecule has 0 radical (unpaired) electrons. The molecule has 6 nitrogen and oxygen atoms in total. The van der Waals surface area contributed by atoms with Crippen LogP contribution in [0.4, 0.5) is 18.9 Å². The zero-order valence-electron chi connectivity index (χ0n) is 16.0. The Morgan fingerprint density at radius 2 is 2.13 bits per heavy atom. The summed E-state index contributed by atoms with van der Waals surface area (Å²) in [4.78, 5) is 0. The molecular formula is C21H19F3IN5O. The maximum atomic E-state index is 14.4. The fraction of sp³-hybridized carbons (Fsp3) is 0.190. The zero-order valence-corrected chi connectivity index (χ0v) is 18.3. The van der Waals surface area contributed by atoms with Crippen molar-refractivity contribution >= 4 is 35.4 Å². The Morgan fingerprint density at radius 1 is 1.35 bits per heavy atom. The second-order valence-corrected chi connectivity index (χ2v) is 6.86. The molecule has 0 aliphatic heterocycles. The van der Waals surface area contributed by atoms with Crippen LogP contribution >= 0.6 is 24.0 Å². The number of nitrogens with one attached hydrogen (secondary N) is 1. The quantitative estimate of drug-likeness (QED) is 0.263. The van der Waals surface area contributed by atoms with Crippen molar-refractivity contribution in [2.75, 3.05) is 5.73 Å². The van der Waals surface area contributed by atoms with E-state index in [0.717, 1.165) is 6.20 Å². The number of nitrogens with two attached hydrogens (primary N) is 1. The number of halogens is 4. The van der Waals surface area contributed by atoms with Gasteiger partial charge in [-0.2, -0.15) is 19.1 Å². The van der Waals surface area contributed by atoms with E-state index in [4.69, 9.17) is 21.1 Å². The highest BCUT2D eigenvalue weighted by Gasteiger charge is 2.28. The van der Waals surface area contributed by atoms with Gasteiger partial charge in [0, 0.05) is 24.4 Å². The first-order valence-electron chi connectivity index (χ1n) is 9.08. The number of hydrogen-bond donors (Lipinski definition) is 2. The summed E-state index contributed by atoms with van der Waals surface area (Å²) in [5, 5.41) is 20.8. The summed E-state index contributed by atoms with van der Waals surface area (Å²) < 4.78 is 46.4. The van der Waals surface area contributed by atoms with Gasteiger partial charge in [0.1, 0.15) is 23.7 Å². The molecule has 31 heavy (non-hydrogen) atoms. The highest BCUT2D eigenvalue weighted by molar-refractivity contribution is 14.0. The summed E-state index contributed by atoms with van der Waals surface area (Å²) in [7, 11) is 0. The van der Waals surface area contributed by atoms with E-state index in [1.165, 1.54) is 12.3 Å². The summed E-state index contributed by atoms with van der Waals surface area (Å²) in [5.41, 5.74) is 7.85. The van der Waals surface area contributed by atoms with Gasteiger partial charge in [-0.05, 0) is 48.2 Å². The van der Waals surface area contributed by atoms with E-state index in [-0.39, 0.29) is 47.9 Å². The van der Waals surface area contributed by atoms with Gasteiger partial charge in [0.05, 0.1) is 17.5 Å². The highest BCUT2D eigenvalue weighted by atomic mass is 127. The van der Waals surface area contributed by atoms with Gasteiger partial charge in [0.2, 0.25) is 0 Å². The molecule has 10 heteroatoms. The standard InChI is InChI=1S/C21H16F3N5O.HI.H2/c22-19-11(8-25)1-3-14-15(19)4-6-18(14)30-13-2-5-17(26)16(7-13)20(27)12-9-28-29(10-12)21(23)24;;/h1-3,5,7,9-10,18,21,27H,4,6,26H2;2*1H/t18-;;/m1../s1. The number of nitriles is 1. The molecule has 1 heterocycles.